The molecule has 0 saturated heterocycles. The molecule has 96 valence electrons. The first-order chi connectivity index (χ1) is 8.77. The zero-order valence-corrected chi connectivity index (χ0v) is 10.7. The Morgan fingerprint density at radius 3 is 2.89 bits per heavy atom. The monoisotopic (exact) mass is 245 g/mol. The van der Waals surface area contributed by atoms with E-state index >= 15 is 0 Å². The summed E-state index contributed by atoms with van der Waals surface area (Å²) in [6, 6.07) is 3.45. The molecular weight excluding hydrogens is 226 g/mol. The minimum absolute atomic E-state index is 0.135. The van der Waals surface area contributed by atoms with Gasteiger partial charge in [-0.25, -0.2) is 4.98 Å². The molecule has 1 rings (SSSR count). The molecule has 0 aliphatic rings. The lowest BCUT2D eigenvalue weighted by atomic mass is 10.2. The molecule has 0 bridgehead atoms. The van der Waals surface area contributed by atoms with Gasteiger partial charge in [0.2, 0.25) is 0 Å². The molecule has 18 heavy (non-hydrogen) atoms. The van der Waals surface area contributed by atoms with E-state index in [1.165, 1.54) is 0 Å². The van der Waals surface area contributed by atoms with Crippen molar-refractivity contribution in [1.82, 2.24) is 10.3 Å². The van der Waals surface area contributed by atoms with Gasteiger partial charge in [0.1, 0.15) is 5.69 Å². The lowest BCUT2D eigenvalue weighted by Gasteiger charge is -2.03. The lowest BCUT2D eigenvalue weighted by molar-refractivity contribution is 0.0948. The Hall–Kier alpha value is -1.86. The van der Waals surface area contributed by atoms with Gasteiger partial charge in [-0.1, -0.05) is 31.6 Å². The van der Waals surface area contributed by atoms with Crippen molar-refractivity contribution in [1.29, 1.82) is 0 Å². The minimum atomic E-state index is -0.135. The fourth-order valence-electron chi connectivity index (χ4n) is 1.42. The van der Waals surface area contributed by atoms with E-state index in [1.54, 1.807) is 18.3 Å². The molecule has 0 saturated carbocycles. The highest BCUT2D eigenvalue weighted by molar-refractivity contribution is 5.92. The highest BCUT2D eigenvalue weighted by atomic mass is 16.1. The Kier molecular flexibility index (Phi) is 6.52. The zero-order valence-electron chi connectivity index (χ0n) is 10.7. The molecule has 0 spiro atoms. The van der Waals surface area contributed by atoms with E-state index in [4.69, 9.17) is 5.73 Å². The summed E-state index contributed by atoms with van der Waals surface area (Å²) in [5.41, 5.74) is 6.46. The SMILES string of the molecule is CCCCCNC(=O)c1ccc(C#CCN)cn1. The number of rotatable bonds is 5. The highest BCUT2D eigenvalue weighted by Crippen LogP contribution is 1.99. The quantitative estimate of drug-likeness (QED) is 0.607. The first-order valence-corrected chi connectivity index (χ1v) is 6.21. The van der Waals surface area contributed by atoms with Crippen molar-refractivity contribution in [2.45, 2.75) is 26.2 Å². The zero-order chi connectivity index (χ0) is 13.2. The predicted octanol–water partition coefficient (Wildman–Crippen LogP) is 1.31. The van der Waals surface area contributed by atoms with E-state index in [2.05, 4.69) is 29.1 Å². The van der Waals surface area contributed by atoms with Crippen molar-refractivity contribution in [2.75, 3.05) is 13.1 Å². The van der Waals surface area contributed by atoms with Crippen LogP contribution in [0, 0.1) is 11.8 Å². The standard InChI is InChI=1S/C14H19N3O/c1-2-3-4-10-16-14(18)13-8-7-12(11-17-13)6-5-9-15/h7-8,11H,2-4,9-10,15H2,1H3,(H,16,18). The van der Waals surface area contributed by atoms with Gasteiger partial charge in [-0.3, -0.25) is 4.79 Å². The van der Waals surface area contributed by atoms with Crippen molar-refractivity contribution in [3.8, 4) is 11.8 Å². The number of carbonyl (C=O) groups excluding carboxylic acids is 1. The molecular formula is C14H19N3O. The van der Waals surface area contributed by atoms with Crippen LogP contribution < -0.4 is 11.1 Å². The molecule has 0 aliphatic heterocycles. The number of nitrogens with zero attached hydrogens (tertiary/aromatic N) is 1. The third-order valence-corrected chi connectivity index (χ3v) is 2.40. The Morgan fingerprint density at radius 1 is 1.44 bits per heavy atom. The molecule has 4 nitrogen and oxygen atoms in total. The first kappa shape index (κ1) is 14.2. The molecule has 0 atom stereocenters. The van der Waals surface area contributed by atoms with E-state index in [9.17, 15) is 4.79 Å². The molecule has 0 radical (unpaired) electrons. The maximum atomic E-state index is 11.7. The predicted molar refractivity (Wildman–Crippen MR) is 72.0 cm³/mol. The van der Waals surface area contributed by atoms with E-state index in [1.807, 2.05) is 0 Å². The molecule has 1 aromatic rings. The number of unbranched alkanes of at least 4 members (excludes halogenated alkanes) is 2. The van der Waals surface area contributed by atoms with Crippen molar-refractivity contribution in [3.63, 3.8) is 0 Å². The number of hydrogen-bond donors (Lipinski definition) is 2. The summed E-state index contributed by atoms with van der Waals surface area (Å²) in [4.78, 5) is 15.8. The molecule has 0 unspecified atom stereocenters. The summed E-state index contributed by atoms with van der Waals surface area (Å²) >= 11 is 0. The van der Waals surface area contributed by atoms with Gasteiger partial charge in [0.15, 0.2) is 0 Å². The summed E-state index contributed by atoms with van der Waals surface area (Å²) < 4.78 is 0. The maximum Gasteiger partial charge on any atom is 0.269 e. The summed E-state index contributed by atoms with van der Waals surface area (Å²) in [5, 5.41) is 2.84. The average molecular weight is 245 g/mol. The van der Waals surface area contributed by atoms with Crippen molar-refractivity contribution >= 4 is 5.91 Å². The van der Waals surface area contributed by atoms with E-state index in [0.717, 1.165) is 24.8 Å². The Labute approximate surface area is 108 Å². The Bertz CT molecular complexity index is 429. The molecule has 3 N–H and O–H groups in total. The van der Waals surface area contributed by atoms with E-state index in [-0.39, 0.29) is 5.91 Å². The van der Waals surface area contributed by atoms with Gasteiger partial charge < -0.3 is 11.1 Å². The summed E-state index contributed by atoms with van der Waals surface area (Å²) in [5.74, 6) is 5.47. The van der Waals surface area contributed by atoms with Crippen LogP contribution in [0.5, 0.6) is 0 Å². The summed E-state index contributed by atoms with van der Waals surface area (Å²) in [7, 11) is 0. The van der Waals surface area contributed by atoms with Gasteiger partial charge in [0.05, 0.1) is 6.54 Å². The van der Waals surface area contributed by atoms with Crippen molar-refractivity contribution in [2.24, 2.45) is 5.73 Å². The Morgan fingerprint density at radius 2 is 2.28 bits per heavy atom. The van der Waals surface area contributed by atoms with Crippen LogP contribution in [0.3, 0.4) is 0 Å². The second-order valence-electron chi connectivity index (χ2n) is 3.90. The van der Waals surface area contributed by atoms with Crippen molar-refractivity contribution < 1.29 is 4.79 Å². The topological polar surface area (TPSA) is 68.0 Å². The largest absolute Gasteiger partial charge is 0.351 e. The lowest BCUT2D eigenvalue weighted by Crippen LogP contribution is -2.25. The molecule has 0 aromatic carbocycles. The van der Waals surface area contributed by atoms with Crippen LogP contribution in [0.4, 0.5) is 0 Å². The van der Waals surface area contributed by atoms with Gasteiger partial charge >= 0.3 is 0 Å². The average Bonchev–Trinajstić information content (AvgIpc) is 2.41. The third kappa shape index (κ3) is 4.98. The van der Waals surface area contributed by atoms with Crippen LogP contribution in [0.2, 0.25) is 0 Å². The second-order valence-corrected chi connectivity index (χ2v) is 3.90. The number of nitrogens with two attached hydrogens (primary N) is 1. The Balaban J connectivity index is 2.48. The molecule has 0 fully saturated rings. The number of aromatic nitrogens is 1. The normalized spacial score (nSPS) is 9.44. The van der Waals surface area contributed by atoms with Crippen LogP contribution in [0.25, 0.3) is 0 Å². The molecule has 1 amide bonds. The fourth-order valence-corrected chi connectivity index (χ4v) is 1.42. The van der Waals surface area contributed by atoms with Crippen molar-refractivity contribution in [3.05, 3.63) is 29.6 Å². The number of hydrogen-bond acceptors (Lipinski definition) is 3. The van der Waals surface area contributed by atoms with Crippen LogP contribution in [-0.4, -0.2) is 24.0 Å². The van der Waals surface area contributed by atoms with Crippen LogP contribution in [-0.2, 0) is 0 Å². The van der Waals surface area contributed by atoms with Crippen LogP contribution in [0.15, 0.2) is 18.3 Å². The molecule has 4 heteroatoms. The van der Waals surface area contributed by atoms with E-state index in [0.29, 0.717) is 18.8 Å². The van der Waals surface area contributed by atoms with Gasteiger partial charge in [0.25, 0.3) is 5.91 Å². The number of nitrogens with one attached hydrogen (secondary N) is 1. The van der Waals surface area contributed by atoms with E-state index < -0.39 is 0 Å². The van der Waals surface area contributed by atoms with Gasteiger partial charge in [-0.15, -0.1) is 0 Å². The summed E-state index contributed by atoms with van der Waals surface area (Å²) in [6.45, 7) is 3.15. The number of carbonyl (C=O) groups is 1. The molecule has 1 aromatic heterocycles. The maximum absolute atomic E-state index is 11.7. The third-order valence-electron chi connectivity index (χ3n) is 2.40. The minimum Gasteiger partial charge on any atom is -0.351 e. The number of amides is 1. The highest BCUT2D eigenvalue weighted by Gasteiger charge is 2.05. The molecule has 0 aliphatic carbocycles. The fraction of sp³-hybridized carbons (Fsp3) is 0.429. The van der Waals surface area contributed by atoms with Gasteiger partial charge in [-0.05, 0) is 18.6 Å². The first-order valence-electron chi connectivity index (χ1n) is 6.21. The van der Waals surface area contributed by atoms with Gasteiger partial charge in [-0.2, -0.15) is 0 Å². The number of pyridine rings is 1. The van der Waals surface area contributed by atoms with Crippen LogP contribution >= 0.6 is 0 Å². The van der Waals surface area contributed by atoms with Crippen LogP contribution in [0.1, 0.15) is 42.2 Å². The van der Waals surface area contributed by atoms with Gasteiger partial charge in [0, 0.05) is 18.3 Å². The summed E-state index contributed by atoms with van der Waals surface area (Å²) in [6.07, 6.45) is 4.86. The second kappa shape index (κ2) is 8.26. The molecule has 1 heterocycles. The smallest absolute Gasteiger partial charge is 0.269 e.